The van der Waals surface area contributed by atoms with Crippen molar-refractivity contribution in [1.29, 1.82) is 0 Å². The van der Waals surface area contributed by atoms with Crippen molar-refractivity contribution in [3.63, 3.8) is 0 Å². The van der Waals surface area contributed by atoms with Crippen LogP contribution in [-0.4, -0.2) is 25.0 Å². The van der Waals surface area contributed by atoms with Crippen molar-refractivity contribution in [2.24, 2.45) is 0 Å². The molecule has 0 aliphatic heterocycles. The maximum Gasteiger partial charge on any atom is 0.325 e. The number of ether oxygens (including phenoxy) is 1. The van der Waals surface area contributed by atoms with E-state index in [9.17, 15) is 9.59 Å². The molecule has 1 amide bonds. The topological polar surface area (TPSA) is 55.4 Å². The lowest BCUT2D eigenvalue weighted by atomic mass is 10.6. The van der Waals surface area contributed by atoms with E-state index in [0.29, 0.717) is 6.61 Å². The molecule has 0 fully saturated rings. The average molecular weight is 249 g/mol. The van der Waals surface area contributed by atoms with Crippen LogP contribution in [0.1, 0.15) is 61.8 Å². The Morgan fingerprint density at radius 3 is 1.59 bits per heavy atom. The zero-order valence-corrected chi connectivity index (χ0v) is 12.8. The monoisotopic (exact) mass is 249 g/mol. The summed E-state index contributed by atoms with van der Waals surface area (Å²) in [5.74, 6) is -0.634. The maximum atomic E-state index is 10.5. The molecule has 0 aromatic rings. The highest BCUT2D eigenvalue weighted by Crippen LogP contribution is 1.74. The Kier molecular flexibility index (Phi) is 43.1. The number of hydrogen-bond donors (Lipinski definition) is 1. The van der Waals surface area contributed by atoms with Gasteiger partial charge < -0.3 is 10.1 Å². The van der Waals surface area contributed by atoms with E-state index in [-0.39, 0.29) is 12.5 Å². The van der Waals surface area contributed by atoms with E-state index >= 15 is 0 Å². The third-order valence-corrected chi connectivity index (χ3v) is 0.787. The summed E-state index contributed by atoms with van der Waals surface area (Å²) in [5.41, 5.74) is 0. The van der Waals surface area contributed by atoms with E-state index in [0.717, 1.165) is 0 Å². The van der Waals surface area contributed by atoms with Gasteiger partial charge in [0.15, 0.2) is 0 Å². The Hall–Kier alpha value is -1.06. The summed E-state index contributed by atoms with van der Waals surface area (Å²) in [4.78, 5) is 20.7. The summed E-state index contributed by atoms with van der Waals surface area (Å²) in [6.45, 7) is 15.6. The van der Waals surface area contributed by atoms with E-state index in [1.165, 1.54) is 13.3 Å². The molecule has 0 rings (SSSR count). The van der Waals surface area contributed by atoms with Gasteiger partial charge in [-0.2, -0.15) is 0 Å². The van der Waals surface area contributed by atoms with Crippen molar-refractivity contribution >= 4 is 11.9 Å². The van der Waals surface area contributed by atoms with Crippen LogP contribution >= 0.6 is 0 Å². The number of amides is 1. The Morgan fingerprint density at radius 2 is 1.35 bits per heavy atom. The van der Waals surface area contributed by atoms with Gasteiger partial charge in [0.2, 0.25) is 5.91 Å². The van der Waals surface area contributed by atoms with Gasteiger partial charge in [0.05, 0.1) is 6.61 Å². The first-order valence-corrected chi connectivity index (χ1v) is 6.48. The zero-order valence-electron chi connectivity index (χ0n) is 12.8. The second kappa shape index (κ2) is 29.4. The van der Waals surface area contributed by atoms with E-state index in [2.05, 4.69) is 23.9 Å². The third kappa shape index (κ3) is 51.9. The fraction of sp³-hybridized carbons (Fsp3) is 0.846. The van der Waals surface area contributed by atoms with E-state index in [4.69, 9.17) is 0 Å². The average Bonchev–Trinajstić information content (AvgIpc) is 2.33. The summed E-state index contributed by atoms with van der Waals surface area (Å²) in [7, 11) is 0. The second-order valence-electron chi connectivity index (χ2n) is 2.42. The molecule has 0 bridgehead atoms. The van der Waals surface area contributed by atoms with E-state index in [1.807, 2.05) is 27.7 Å². The van der Waals surface area contributed by atoms with Gasteiger partial charge in [-0.3, -0.25) is 9.59 Å². The number of hydrogen-bond acceptors (Lipinski definition) is 3. The molecule has 0 atom stereocenters. The normalized spacial score (nSPS) is 6.82. The van der Waals surface area contributed by atoms with Crippen molar-refractivity contribution in [3.8, 4) is 0 Å². The predicted molar refractivity (Wildman–Crippen MR) is 74.0 cm³/mol. The molecule has 0 radical (unpaired) electrons. The van der Waals surface area contributed by atoms with Crippen molar-refractivity contribution in [1.82, 2.24) is 5.32 Å². The fourth-order valence-electron chi connectivity index (χ4n) is 0.409. The molecule has 0 spiro atoms. The van der Waals surface area contributed by atoms with Crippen LogP contribution in [0.4, 0.5) is 0 Å². The number of carbonyl (C=O) groups is 2. The lowest BCUT2D eigenvalue weighted by molar-refractivity contribution is -0.143. The van der Waals surface area contributed by atoms with Crippen molar-refractivity contribution in [2.75, 3.05) is 13.2 Å². The smallest absolute Gasteiger partial charge is 0.325 e. The summed E-state index contributed by atoms with van der Waals surface area (Å²) >= 11 is 0. The van der Waals surface area contributed by atoms with Crippen molar-refractivity contribution in [3.05, 3.63) is 0 Å². The quantitative estimate of drug-likeness (QED) is 0.782. The van der Waals surface area contributed by atoms with Gasteiger partial charge in [0.25, 0.3) is 0 Å². The summed E-state index contributed by atoms with van der Waals surface area (Å²) in [5, 5.41) is 2.32. The Labute approximate surface area is 107 Å². The van der Waals surface area contributed by atoms with Crippen LogP contribution < -0.4 is 5.32 Å². The molecule has 0 aliphatic rings. The Balaban J connectivity index is -0.000000102. The minimum Gasteiger partial charge on any atom is -0.465 e. The second-order valence-corrected chi connectivity index (χ2v) is 2.42. The van der Waals surface area contributed by atoms with Crippen LogP contribution in [0.15, 0.2) is 0 Å². The van der Waals surface area contributed by atoms with Gasteiger partial charge in [-0.05, 0) is 6.92 Å². The van der Waals surface area contributed by atoms with Gasteiger partial charge in [0, 0.05) is 6.92 Å². The first kappa shape index (κ1) is 25.0. The van der Waals surface area contributed by atoms with Crippen LogP contribution in [0, 0.1) is 0 Å². The summed E-state index contributed by atoms with van der Waals surface area (Å²) < 4.78 is 4.54. The Bertz CT molecular complexity index is 148. The van der Waals surface area contributed by atoms with Crippen LogP contribution in [0.5, 0.6) is 0 Å². The van der Waals surface area contributed by atoms with E-state index in [1.54, 1.807) is 6.92 Å². The van der Waals surface area contributed by atoms with E-state index < -0.39 is 5.97 Å². The fourth-order valence-corrected chi connectivity index (χ4v) is 0.409. The molecular formula is C13H31NO3. The van der Waals surface area contributed by atoms with Crippen LogP contribution in [-0.2, 0) is 14.3 Å². The molecule has 0 aromatic heterocycles. The van der Waals surface area contributed by atoms with Crippen molar-refractivity contribution in [2.45, 2.75) is 61.8 Å². The lowest BCUT2D eigenvalue weighted by Gasteiger charge is -2.00. The molecule has 17 heavy (non-hydrogen) atoms. The minimum absolute atomic E-state index is 0.0385. The van der Waals surface area contributed by atoms with Gasteiger partial charge >= 0.3 is 5.97 Å². The molecule has 0 aliphatic carbocycles. The van der Waals surface area contributed by atoms with Crippen molar-refractivity contribution < 1.29 is 14.3 Å². The third-order valence-electron chi connectivity index (χ3n) is 0.787. The largest absolute Gasteiger partial charge is 0.465 e. The summed E-state index contributed by atoms with van der Waals surface area (Å²) in [6.07, 6.45) is 1.25. The first-order valence-electron chi connectivity index (χ1n) is 6.48. The zero-order chi connectivity index (χ0) is 14.7. The first-order chi connectivity index (χ1) is 8.08. The molecular weight excluding hydrogens is 218 g/mol. The number of nitrogens with one attached hydrogen (secondary N) is 1. The maximum absolute atomic E-state index is 10.5. The molecule has 0 heterocycles. The highest BCUT2D eigenvalue weighted by Gasteiger charge is 2.00. The summed E-state index contributed by atoms with van der Waals surface area (Å²) in [6, 6.07) is 0. The molecule has 106 valence electrons. The number of carbonyl (C=O) groups excluding carboxylic acids is 2. The molecule has 0 aromatic carbocycles. The highest BCUT2D eigenvalue weighted by molar-refractivity contribution is 5.80. The highest BCUT2D eigenvalue weighted by atomic mass is 16.5. The minimum atomic E-state index is -0.405. The molecule has 4 nitrogen and oxygen atoms in total. The van der Waals surface area contributed by atoms with Gasteiger partial charge in [-0.25, -0.2) is 0 Å². The lowest BCUT2D eigenvalue weighted by Crippen LogP contribution is -2.28. The molecule has 0 saturated carbocycles. The van der Waals surface area contributed by atoms with Gasteiger partial charge in [-0.1, -0.05) is 48.0 Å². The number of esters is 1. The van der Waals surface area contributed by atoms with Gasteiger partial charge in [-0.15, -0.1) is 0 Å². The Morgan fingerprint density at radius 1 is 1.00 bits per heavy atom. The molecule has 0 unspecified atom stereocenters. The standard InChI is InChI=1S/C6H11NO3.C3H8.2C2H6/c1-3-10-6(9)4-7-5(2)8;1-3-2;2*1-2/h3-4H2,1-2H3,(H,7,8);3H2,1-2H3;2*1-2H3. The van der Waals surface area contributed by atoms with Gasteiger partial charge in [0.1, 0.15) is 6.54 Å². The molecule has 4 heteroatoms. The predicted octanol–water partition coefficient (Wildman–Crippen LogP) is 3.15. The molecule has 1 N–H and O–H groups in total. The molecule has 0 saturated heterocycles. The number of rotatable bonds is 3. The van der Waals surface area contributed by atoms with Crippen LogP contribution in [0.25, 0.3) is 0 Å². The SMILES string of the molecule is CC.CC.CCC.CCOC(=O)CNC(C)=O. The van der Waals surface area contributed by atoms with Crippen LogP contribution in [0.2, 0.25) is 0 Å². The van der Waals surface area contributed by atoms with Crippen LogP contribution in [0.3, 0.4) is 0 Å².